The van der Waals surface area contributed by atoms with E-state index in [4.69, 9.17) is 9.47 Å². The predicted octanol–water partition coefficient (Wildman–Crippen LogP) is 3.46. The zero-order chi connectivity index (χ0) is 31.5. The molecule has 1 aliphatic carbocycles. The second-order valence-electron chi connectivity index (χ2n) is 13.0. The molecule has 1 saturated carbocycles. The minimum Gasteiger partial charge on any atom is -0.394 e. The van der Waals surface area contributed by atoms with Crippen LogP contribution in [0, 0.1) is 5.92 Å². The molecule has 0 bridgehead atoms. The van der Waals surface area contributed by atoms with Crippen molar-refractivity contribution in [2.75, 3.05) is 13.2 Å². The van der Waals surface area contributed by atoms with E-state index in [2.05, 4.69) is 12.2 Å². The van der Waals surface area contributed by atoms with Crippen LogP contribution in [0.1, 0.15) is 135 Å². The first-order chi connectivity index (χ1) is 20.8. The van der Waals surface area contributed by atoms with Crippen LogP contribution in [-0.4, -0.2) is 98.7 Å². The van der Waals surface area contributed by atoms with Gasteiger partial charge in [-0.15, -0.1) is 0 Å². The molecule has 10 nitrogen and oxygen atoms in total. The van der Waals surface area contributed by atoms with Crippen molar-refractivity contribution >= 4 is 5.91 Å². The van der Waals surface area contributed by atoms with Gasteiger partial charge in [0.1, 0.15) is 30.5 Å². The molecule has 0 aromatic carbocycles. The highest BCUT2D eigenvalue weighted by molar-refractivity contribution is 5.76. The average molecular weight is 618 g/mol. The molecule has 0 spiro atoms. The number of unbranched alkanes of at least 4 members (excludes halogenated alkanes) is 11. The third kappa shape index (κ3) is 14.9. The van der Waals surface area contributed by atoms with Crippen LogP contribution in [0.4, 0.5) is 0 Å². The van der Waals surface area contributed by atoms with E-state index in [-0.39, 0.29) is 12.5 Å². The smallest absolute Gasteiger partial charge is 0.220 e. The van der Waals surface area contributed by atoms with Crippen LogP contribution in [0.15, 0.2) is 0 Å². The number of nitrogens with one attached hydrogen (secondary N) is 1. The number of aliphatic hydroxyl groups is 6. The van der Waals surface area contributed by atoms with Crippen molar-refractivity contribution in [3.8, 4) is 0 Å². The standard InChI is InChI=1S/C33H63NO9/c1-2-3-4-5-6-7-8-9-10-11-12-16-19-26(36)29(38)25(34-28(37)21-20-24-17-14-13-15-18-24)23-42-33-32(41)31(40)30(39)27(22-35)43-33/h24-27,29-33,35-36,38-41H,2-23H2,1H3,(H,34,37)/t25-,26+,27+,29-,30-,31-,32+,33-/m0/s1. The van der Waals surface area contributed by atoms with Crippen molar-refractivity contribution in [2.24, 2.45) is 5.92 Å². The van der Waals surface area contributed by atoms with Crippen molar-refractivity contribution in [1.82, 2.24) is 5.32 Å². The molecule has 1 aliphatic heterocycles. The lowest BCUT2D eigenvalue weighted by atomic mass is 9.86. The Hall–Kier alpha value is -0.850. The molecule has 43 heavy (non-hydrogen) atoms. The Kier molecular flexibility index (Phi) is 20.2. The molecule has 8 atom stereocenters. The molecule has 7 N–H and O–H groups in total. The summed E-state index contributed by atoms with van der Waals surface area (Å²) in [5.74, 6) is 0.272. The first-order valence-corrected chi connectivity index (χ1v) is 17.4. The van der Waals surface area contributed by atoms with Crippen LogP contribution in [0.5, 0.6) is 0 Å². The van der Waals surface area contributed by atoms with E-state index in [0.29, 0.717) is 18.8 Å². The topological polar surface area (TPSA) is 169 Å². The second-order valence-corrected chi connectivity index (χ2v) is 13.0. The lowest BCUT2D eigenvalue weighted by Crippen LogP contribution is -2.60. The molecular formula is C33H63NO9. The van der Waals surface area contributed by atoms with Crippen LogP contribution in [0.3, 0.4) is 0 Å². The lowest BCUT2D eigenvalue weighted by molar-refractivity contribution is -0.303. The molecule has 2 fully saturated rings. The maximum absolute atomic E-state index is 12.9. The van der Waals surface area contributed by atoms with Crippen LogP contribution in [0.2, 0.25) is 0 Å². The molecule has 254 valence electrons. The number of ether oxygens (including phenoxy) is 2. The SMILES string of the molecule is CCCCCCCCCCCCCC[C@@H](O)[C@@H](O)[C@H](CO[C@H]1O[C@H](CO)[C@H](O)[C@H](O)[C@H]1O)NC(=O)CCC1CCCCC1. The monoisotopic (exact) mass is 617 g/mol. The third-order valence-corrected chi connectivity index (χ3v) is 9.30. The third-order valence-electron chi connectivity index (χ3n) is 9.30. The minimum absolute atomic E-state index is 0.246. The maximum Gasteiger partial charge on any atom is 0.220 e. The van der Waals surface area contributed by atoms with E-state index in [9.17, 15) is 35.4 Å². The van der Waals surface area contributed by atoms with Gasteiger partial charge in [0.15, 0.2) is 6.29 Å². The van der Waals surface area contributed by atoms with Crippen molar-refractivity contribution in [1.29, 1.82) is 0 Å². The predicted molar refractivity (Wildman–Crippen MR) is 165 cm³/mol. The van der Waals surface area contributed by atoms with Crippen molar-refractivity contribution < 1.29 is 44.9 Å². The number of carbonyl (C=O) groups is 1. The average Bonchev–Trinajstić information content (AvgIpc) is 3.02. The van der Waals surface area contributed by atoms with E-state index < -0.39 is 55.6 Å². The second kappa shape index (κ2) is 22.6. The molecule has 0 radical (unpaired) electrons. The van der Waals surface area contributed by atoms with Gasteiger partial charge in [-0.1, -0.05) is 116 Å². The van der Waals surface area contributed by atoms with Crippen LogP contribution < -0.4 is 5.32 Å². The minimum atomic E-state index is -1.60. The highest BCUT2D eigenvalue weighted by atomic mass is 16.7. The lowest BCUT2D eigenvalue weighted by Gasteiger charge is -2.40. The Morgan fingerprint density at radius 2 is 1.42 bits per heavy atom. The molecule has 2 aliphatic rings. The summed E-state index contributed by atoms with van der Waals surface area (Å²) in [6, 6.07) is -0.974. The fraction of sp³-hybridized carbons (Fsp3) is 0.970. The number of carbonyl (C=O) groups excluding carboxylic acids is 1. The zero-order valence-corrected chi connectivity index (χ0v) is 26.7. The molecule has 0 unspecified atom stereocenters. The summed E-state index contributed by atoms with van der Waals surface area (Å²) < 4.78 is 11.1. The van der Waals surface area contributed by atoms with Gasteiger partial charge in [0.2, 0.25) is 5.91 Å². The van der Waals surface area contributed by atoms with E-state index in [1.165, 1.54) is 77.0 Å². The van der Waals surface area contributed by atoms with Gasteiger partial charge in [-0.3, -0.25) is 4.79 Å². The van der Waals surface area contributed by atoms with Gasteiger partial charge < -0.3 is 45.4 Å². The normalized spacial score (nSPS) is 27.1. The van der Waals surface area contributed by atoms with E-state index in [0.717, 1.165) is 38.5 Å². The summed E-state index contributed by atoms with van der Waals surface area (Å²) in [7, 11) is 0. The van der Waals surface area contributed by atoms with Gasteiger partial charge in [0.05, 0.1) is 25.4 Å². The zero-order valence-electron chi connectivity index (χ0n) is 26.7. The summed E-state index contributed by atoms with van der Waals surface area (Å²) in [6.45, 7) is 1.35. The highest BCUT2D eigenvalue weighted by Crippen LogP contribution is 2.27. The fourth-order valence-corrected chi connectivity index (χ4v) is 6.35. The van der Waals surface area contributed by atoms with Crippen molar-refractivity contribution in [3.63, 3.8) is 0 Å². The maximum atomic E-state index is 12.9. The summed E-state index contributed by atoms with van der Waals surface area (Å²) in [4.78, 5) is 12.9. The Balaban J connectivity index is 1.80. The van der Waals surface area contributed by atoms with E-state index >= 15 is 0 Å². The summed E-state index contributed by atoms with van der Waals surface area (Å²) in [6.07, 6.45) is 12.1. The van der Waals surface area contributed by atoms with Crippen molar-refractivity contribution in [2.45, 2.75) is 184 Å². The van der Waals surface area contributed by atoms with Gasteiger partial charge in [0, 0.05) is 6.42 Å². The fourth-order valence-electron chi connectivity index (χ4n) is 6.35. The molecule has 0 aromatic rings. The molecule has 1 heterocycles. The number of aliphatic hydroxyl groups excluding tert-OH is 6. The molecule has 1 saturated heterocycles. The Morgan fingerprint density at radius 3 is 2.00 bits per heavy atom. The van der Waals surface area contributed by atoms with Gasteiger partial charge >= 0.3 is 0 Å². The Bertz CT molecular complexity index is 706. The summed E-state index contributed by atoms with van der Waals surface area (Å²) in [5.41, 5.74) is 0. The van der Waals surface area contributed by atoms with Gasteiger partial charge in [-0.05, 0) is 18.8 Å². The first kappa shape index (κ1) is 38.3. The largest absolute Gasteiger partial charge is 0.394 e. The quantitative estimate of drug-likeness (QED) is 0.0849. The molecular weight excluding hydrogens is 554 g/mol. The highest BCUT2D eigenvalue weighted by Gasteiger charge is 2.44. The van der Waals surface area contributed by atoms with E-state index in [1.54, 1.807) is 0 Å². The number of amides is 1. The molecule has 10 heteroatoms. The van der Waals surface area contributed by atoms with Crippen LogP contribution in [0.25, 0.3) is 0 Å². The van der Waals surface area contributed by atoms with Crippen LogP contribution in [-0.2, 0) is 14.3 Å². The first-order valence-electron chi connectivity index (χ1n) is 17.4. The number of rotatable bonds is 23. The van der Waals surface area contributed by atoms with Gasteiger partial charge in [-0.2, -0.15) is 0 Å². The Morgan fingerprint density at radius 1 is 0.837 bits per heavy atom. The molecule has 2 rings (SSSR count). The molecule has 0 aromatic heterocycles. The summed E-state index contributed by atoms with van der Waals surface area (Å²) in [5, 5.41) is 64.5. The van der Waals surface area contributed by atoms with E-state index in [1.807, 2.05) is 0 Å². The van der Waals surface area contributed by atoms with Crippen molar-refractivity contribution in [3.05, 3.63) is 0 Å². The van der Waals surface area contributed by atoms with Gasteiger partial charge in [-0.25, -0.2) is 0 Å². The van der Waals surface area contributed by atoms with Crippen LogP contribution >= 0.6 is 0 Å². The Labute approximate surface area is 259 Å². The number of hydrogen-bond donors (Lipinski definition) is 7. The summed E-state index contributed by atoms with van der Waals surface area (Å²) >= 11 is 0. The van der Waals surface area contributed by atoms with Gasteiger partial charge in [0.25, 0.3) is 0 Å². The number of hydrogen-bond acceptors (Lipinski definition) is 9. The molecule has 1 amide bonds.